The summed E-state index contributed by atoms with van der Waals surface area (Å²) in [6.45, 7) is 1.04. The molecule has 3 nitrogen and oxygen atoms in total. The van der Waals surface area contributed by atoms with Crippen LogP contribution in [-0.4, -0.2) is 7.11 Å². The monoisotopic (exact) mass is 217 g/mol. The minimum Gasteiger partial charge on any atom is -0.460 e. The fraction of sp³-hybridized carbons (Fsp3) is 0.231. The van der Waals surface area contributed by atoms with Crippen molar-refractivity contribution < 1.29 is 9.15 Å². The molecule has 0 amide bonds. The van der Waals surface area contributed by atoms with E-state index in [0.717, 1.165) is 22.6 Å². The van der Waals surface area contributed by atoms with E-state index in [4.69, 9.17) is 14.9 Å². The minimum absolute atomic E-state index is 0.428. The van der Waals surface area contributed by atoms with Gasteiger partial charge in [-0.2, -0.15) is 0 Å². The Morgan fingerprint density at radius 1 is 1.25 bits per heavy atom. The molecule has 0 saturated carbocycles. The SMILES string of the molecule is COCc1cccc(-c2ccc(CN)o2)c1. The molecule has 0 unspecified atom stereocenters. The number of ether oxygens (including phenoxy) is 1. The van der Waals surface area contributed by atoms with Crippen molar-refractivity contribution in [2.24, 2.45) is 5.73 Å². The quantitative estimate of drug-likeness (QED) is 0.856. The second-order valence-electron chi connectivity index (χ2n) is 3.60. The van der Waals surface area contributed by atoms with Crippen LogP contribution in [0.5, 0.6) is 0 Å². The summed E-state index contributed by atoms with van der Waals surface area (Å²) in [5.41, 5.74) is 7.69. The summed E-state index contributed by atoms with van der Waals surface area (Å²) in [6, 6.07) is 11.9. The fourth-order valence-electron chi connectivity index (χ4n) is 1.62. The maximum atomic E-state index is 5.59. The zero-order chi connectivity index (χ0) is 11.4. The molecule has 1 heterocycles. The molecule has 2 aromatic rings. The van der Waals surface area contributed by atoms with E-state index in [2.05, 4.69) is 6.07 Å². The van der Waals surface area contributed by atoms with E-state index < -0.39 is 0 Å². The van der Waals surface area contributed by atoms with Crippen LogP contribution in [0, 0.1) is 0 Å². The summed E-state index contributed by atoms with van der Waals surface area (Å²) in [5.74, 6) is 1.64. The van der Waals surface area contributed by atoms with Crippen LogP contribution in [-0.2, 0) is 17.9 Å². The Balaban J connectivity index is 2.28. The average molecular weight is 217 g/mol. The second kappa shape index (κ2) is 4.96. The lowest BCUT2D eigenvalue weighted by atomic mass is 10.1. The van der Waals surface area contributed by atoms with Gasteiger partial charge in [0.25, 0.3) is 0 Å². The van der Waals surface area contributed by atoms with Crippen molar-refractivity contribution in [1.29, 1.82) is 0 Å². The number of methoxy groups -OCH3 is 1. The summed E-state index contributed by atoms with van der Waals surface area (Å²) in [5, 5.41) is 0. The van der Waals surface area contributed by atoms with Gasteiger partial charge in [-0.25, -0.2) is 0 Å². The van der Waals surface area contributed by atoms with E-state index in [-0.39, 0.29) is 0 Å². The van der Waals surface area contributed by atoms with Crippen molar-refractivity contribution in [1.82, 2.24) is 0 Å². The molecule has 0 aliphatic heterocycles. The summed E-state index contributed by atoms with van der Waals surface area (Å²) in [6.07, 6.45) is 0. The summed E-state index contributed by atoms with van der Waals surface area (Å²) in [4.78, 5) is 0. The Labute approximate surface area is 94.8 Å². The molecule has 84 valence electrons. The van der Waals surface area contributed by atoms with Crippen LogP contribution < -0.4 is 5.73 Å². The predicted molar refractivity (Wildman–Crippen MR) is 62.7 cm³/mol. The smallest absolute Gasteiger partial charge is 0.134 e. The van der Waals surface area contributed by atoms with Gasteiger partial charge in [0.15, 0.2) is 0 Å². The zero-order valence-electron chi connectivity index (χ0n) is 9.27. The third kappa shape index (κ3) is 2.32. The maximum absolute atomic E-state index is 5.59. The van der Waals surface area contributed by atoms with Crippen LogP contribution in [0.25, 0.3) is 11.3 Å². The molecular formula is C13H15NO2. The van der Waals surface area contributed by atoms with E-state index in [9.17, 15) is 0 Å². The first-order valence-corrected chi connectivity index (χ1v) is 5.20. The van der Waals surface area contributed by atoms with E-state index in [1.54, 1.807) is 7.11 Å². The highest BCUT2D eigenvalue weighted by Gasteiger charge is 2.04. The molecule has 2 rings (SSSR count). The van der Waals surface area contributed by atoms with Crippen molar-refractivity contribution in [3.63, 3.8) is 0 Å². The molecule has 0 saturated heterocycles. The molecule has 0 bridgehead atoms. The molecule has 0 radical (unpaired) electrons. The highest BCUT2D eigenvalue weighted by atomic mass is 16.5. The third-order valence-electron chi connectivity index (χ3n) is 2.39. The van der Waals surface area contributed by atoms with Gasteiger partial charge in [0.1, 0.15) is 11.5 Å². The minimum atomic E-state index is 0.428. The molecule has 0 atom stereocenters. The molecule has 1 aromatic heterocycles. The van der Waals surface area contributed by atoms with Gasteiger partial charge >= 0.3 is 0 Å². The first-order valence-electron chi connectivity index (χ1n) is 5.20. The van der Waals surface area contributed by atoms with E-state index >= 15 is 0 Å². The van der Waals surface area contributed by atoms with E-state index in [0.29, 0.717) is 13.2 Å². The van der Waals surface area contributed by atoms with E-state index in [1.807, 2.05) is 30.3 Å². The molecule has 0 spiro atoms. The largest absolute Gasteiger partial charge is 0.460 e. The van der Waals surface area contributed by atoms with Gasteiger partial charge in [-0.15, -0.1) is 0 Å². The molecule has 1 aromatic carbocycles. The van der Waals surface area contributed by atoms with Crippen LogP contribution in [0.4, 0.5) is 0 Å². The Hall–Kier alpha value is -1.58. The van der Waals surface area contributed by atoms with Crippen molar-refractivity contribution in [3.05, 3.63) is 47.7 Å². The Morgan fingerprint density at radius 2 is 2.12 bits per heavy atom. The maximum Gasteiger partial charge on any atom is 0.134 e. The zero-order valence-corrected chi connectivity index (χ0v) is 9.27. The number of rotatable bonds is 4. The number of hydrogen-bond acceptors (Lipinski definition) is 3. The number of hydrogen-bond donors (Lipinski definition) is 1. The summed E-state index contributed by atoms with van der Waals surface area (Å²) >= 11 is 0. The van der Waals surface area contributed by atoms with Crippen LogP contribution in [0.1, 0.15) is 11.3 Å². The van der Waals surface area contributed by atoms with Gasteiger partial charge in [-0.3, -0.25) is 0 Å². The van der Waals surface area contributed by atoms with Gasteiger partial charge in [0.05, 0.1) is 13.2 Å². The van der Waals surface area contributed by atoms with Crippen LogP contribution in [0.2, 0.25) is 0 Å². The van der Waals surface area contributed by atoms with Gasteiger partial charge < -0.3 is 14.9 Å². The Kier molecular flexibility index (Phi) is 3.39. The van der Waals surface area contributed by atoms with Crippen molar-refractivity contribution in [2.45, 2.75) is 13.2 Å². The van der Waals surface area contributed by atoms with E-state index in [1.165, 1.54) is 0 Å². The lowest BCUT2D eigenvalue weighted by Gasteiger charge is -2.02. The Morgan fingerprint density at radius 3 is 2.81 bits per heavy atom. The molecule has 0 aliphatic rings. The normalized spacial score (nSPS) is 10.6. The van der Waals surface area contributed by atoms with Gasteiger partial charge in [0, 0.05) is 12.7 Å². The standard InChI is InChI=1S/C13H15NO2/c1-15-9-10-3-2-4-11(7-10)13-6-5-12(8-14)16-13/h2-7H,8-9,14H2,1H3. The van der Waals surface area contributed by atoms with Crippen LogP contribution in [0.3, 0.4) is 0 Å². The number of nitrogens with two attached hydrogens (primary N) is 1. The lowest BCUT2D eigenvalue weighted by molar-refractivity contribution is 0.185. The molecule has 2 N–H and O–H groups in total. The predicted octanol–water partition coefficient (Wildman–Crippen LogP) is 2.55. The molecule has 3 heteroatoms. The highest BCUT2D eigenvalue weighted by Crippen LogP contribution is 2.23. The molecule has 0 aliphatic carbocycles. The van der Waals surface area contributed by atoms with Crippen molar-refractivity contribution >= 4 is 0 Å². The van der Waals surface area contributed by atoms with Gasteiger partial charge in [-0.05, 0) is 23.8 Å². The topological polar surface area (TPSA) is 48.4 Å². The fourth-order valence-corrected chi connectivity index (χ4v) is 1.62. The lowest BCUT2D eigenvalue weighted by Crippen LogP contribution is -1.92. The second-order valence-corrected chi connectivity index (χ2v) is 3.60. The third-order valence-corrected chi connectivity index (χ3v) is 2.39. The molecule has 16 heavy (non-hydrogen) atoms. The van der Waals surface area contributed by atoms with Gasteiger partial charge in [0.2, 0.25) is 0 Å². The molecule has 0 fully saturated rings. The number of furan rings is 1. The van der Waals surface area contributed by atoms with Crippen molar-refractivity contribution in [2.75, 3.05) is 7.11 Å². The molecular weight excluding hydrogens is 202 g/mol. The summed E-state index contributed by atoms with van der Waals surface area (Å²) in [7, 11) is 1.69. The van der Waals surface area contributed by atoms with Crippen LogP contribution >= 0.6 is 0 Å². The summed E-state index contributed by atoms with van der Waals surface area (Å²) < 4.78 is 10.7. The highest BCUT2D eigenvalue weighted by molar-refractivity contribution is 5.58. The average Bonchev–Trinajstić information content (AvgIpc) is 2.78. The number of benzene rings is 1. The first-order chi connectivity index (χ1) is 7.83. The Bertz CT molecular complexity index is 462. The first kappa shape index (κ1) is 10.9. The van der Waals surface area contributed by atoms with Gasteiger partial charge in [-0.1, -0.05) is 18.2 Å². The van der Waals surface area contributed by atoms with Crippen LogP contribution in [0.15, 0.2) is 40.8 Å². The van der Waals surface area contributed by atoms with Crippen molar-refractivity contribution in [3.8, 4) is 11.3 Å².